The number of rotatable bonds is 8. The van der Waals surface area contributed by atoms with Gasteiger partial charge in [-0.2, -0.15) is 0 Å². The van der Waals surface area contributed by atoms with Crippen molar-refractivity contribution in [3.8, 4) is 5.75 Å². The van der Waals surface area contributed by atoms with Crippen LogP contribution in [0.4, 0.5) is 5.69 Å². The number of hydrogen-bond acceptors (Lipinski definition) is 5. The summed E-state index contributed by atoms with van der Waals surface area (Å²) in [6.07, 6.45) is 4.16. The monoisotopic (exact) mass is 486 g/mol. The van der Waals surface area contributed by atoms with Crippen LogP contribution in [0.15, 0.2) is 52.3 Å². The third-order valence-corrected chi connectivity index (χ3v) is 6.92. The summed E-state index contributed by atoms with van der Waals surface area (Å²) in [5.41, 5.74) is 0.423. The Morgan fingerprint density at radius 2 is 2.03 bits per heavy atom. The van der Waals surface area contributed by atoms with Gasteiger partial charge in [0.05, 0.1) is 19.2 Å². The molecule has 3 aromatic rings. The summed E-state index contributed by atoms with van der Waals surface area (Å²) in [6.45, 7) is 1.81. The largest absolute Gasteiger partial charge is 0.495 e. The zero-order valence-corrected chi connectivity index (χ0v) is 20.2. The van der Waals surface area contributed by atoms with Crippen molar-refractivity contribution in [3.63, 3.8) is 0 Å². The van der Waals surface area contributed by atoms with Gasteiger partial charge in [0.15, 0.2) is 6.04 Å². The maximum Gasteiger partial charge on any atom is 0.251 e. The van der Waals surface area contributed by atoms with E-state index in [4.69, 9.17) is 20.8 Å². The Balaban J connectivity index is 1.80. The first-order chi connectivity index (χ1) is 16.0. The van der Waals surface area contributed by atoms with Gasteiger partial charge in [-0.05, 0) is 61.5 Å². The summed E-state index contributed by atoms with van der Waals surface area (Å²) < 4.78 is 11.5. The Bertz CT molecular complexity index is 1110. The molecule has 1 N–H and O–H groups in total. The minimum Gasteiger partial charge on any atom is -0.495 e. The second-order valence-electron chi connectivity index (χ2n) is 8.18. The van der Waals surface area contributed by atoms with Crippen molar-refractivity contribution in [1.29, 1.82) is 0 Å². The number of halogens is 1. The number of furan rings is 1. The van der Waals surface area contributed by atoms with Crippen LogP contribution in [-0.4, -0.2) is 25.0 Å². The average molecular weight is 487 g/mol. The molecule has 8 heteroatoms. The predicted octanol–water partition coefficient (Wildman–Crippen LogP) is 5.69. The van der Waals surface area contributed by atoms with E-state index in [1.807, 2.05) is 24.4 Å². The van der Waals surface area contributed by atoms with Crippen LogP contribution in [0.2, 0.25) is 5.02 Å². The van der Waals surface area contributed by atoms with Crippen molar-refractivity contribution < 1.29 is 18.7 Å². The van der Waals surface area contributed by atoms with Gasteiger partial charge in [0.1, 0.15) is 17.3 Å². The topological polar surface area (TPSA) is 71.8 Å². The SMILES string of the molecule is COc1ccc(Cl)cc1N(C(=O)Cc1cccs1)[C@@H](C(=O)NC1CCCC1)c1ccc(C)o1. The highest BCUT2D eigenvalue weighted by Crippen LogP contribution is 2.38. The number of ether oxygens (including phenoxy) is 1. The molecule has 0 aliphatic heterocycles. The van der Waals surface area contributed by atoms with E-state index in [0.29, 0.717) is 28.0 Å². The second kappa shape index (κ2) is 10.4. The standard InChI is InChI=1S/C25H27ClN2O4S/c1-16-9-11-22(32-16)24(25(30)27-18-6-3-4-7-18)28(23(29)15-19-8-5-13-33-19)20-14-17(26)10-12-21(20)31-2/h5,8-14,18,24H,3-4,6-7,15H2,1-2H3,(H,27,30)/t24-/m1/s1. The quantitative estimate of drug-likeness (QED) is 0.444. The zero-order chi connectivity index (χ0) is 23.4. The molecule has 2 amide bonds. The van der Waals surface area contributed by atoms with Gasteiger partial charge in [-0.25, -0.2) is 0 Å². The van der Waals surface area contributed by atoms with Crippen LogP contribution >= 0.6 is 22.9 Å². The summed E-state index contributed by atoms with van der Waals surface area (Å²) in [7, 11) is 1.53. The summed E-state index contributed by atoms with van der Waals surface area (Å²) in [6, 6.07) is 11.5. The average Bonchev–Trinajstić information content (AvgIpc) is 3.56. The van der Waals surface area contributed by atoms with E-state index >= 15 is 0 Å². The lowest BCUT2D eigenvalue weighted by Gasteiger charge is -2.32. The molecule has 0 saturated heterocycles. The highest BCUT2D eigenvalue weighted by molar-refractivity contribution is 7.10. The van der Waals surface area contributed by atoms with Crippen molar-refractivity contribution in [1.82, 2.24) is 5.32 Å². The summed E-state index contributed by atoms with van der Waals surface area (Å²) >= 11 is 7.82. The molecule has 1 fully saturated rings. The number of amides is 2. The van der Waals surface area contributed by atoms with Gasteiger partial charge in [0, 0.05) is 15.9 Å². The molecule has 6 nitrogen and oxygen atoms in total. The van der Waals surface area contributed by atoms with Gasteiger partial charge < -0.3 is 14.5 Å². The fourth-order valence-corrected chi connectivity index (χ4v) is 5.10. The third-order valence-electron chi connectivity index (χ3n) is 5.81. The molecule has 1 atom stereocenters. The molecule has 0 radical (unpaired) electrons. The fraction of sp³-hybridized carbons (Fsp3) is 0.360. The summed E-state index contributed by atoms with van der Waals surface area (Å²) in [5, 5.41) is 5.50. The maximum absolute atomic E-state index is 13.8. The van der Waals surface area contributed by atoms with Crippen LogP contribution in [0.3, 0.4) is 0 Å². The molecule has 2 heterocycles. The van der Waals surface area contributed by atoms with Crippen LogP contribution < -0.4 is 15.0 Å². The molecule has 0 spiro atoms. The maximum atomic E-state index is 13.8. The Morgan fingerprint density at radius 1 is 1.24 bits per heavy atom. The van der Waals surface area contributed by atoms with Gasteiger partial charge in [-0.1, -0.05) is 30.5 Å². The highest BCUT2D eigenvalue weighted by atomic mass is 35.5. The van der Waals surface area contributed by atoms with E-state index in [9.17, 15) is 9.59 Å². The van der Waals surface area contributed by atoms with Gasteiger partial charge >= 0.3 is 0 Å². The molecule has 0 unspecified atom stereocenters. The highest BCUT2D eigenvalue weighted by Gasteiger charge is 2.37. The number of nitrogens with one attached hydrogen (secondary N) is 1. The first-order valence-electron chi connectivity index (χ1n) is 11.0. The molecule has 2 aromatic heterocycles. The first-order valence-corrected chi connectivity index (χ1v) is 12.3. The van der Waals surface area contributed by atoms with Crippen molar-refractivity contribution >= 4 is 40.4 Å². The van der Waals surface area contributed by atoms with E-state index in [2.05, 4.69) is 5.32 Å². The van der Waals surface area contributed by atoms with E-state index in [0.717, 1.165) is 30.6 Å². The summed E-state index contributed by atoms with van der Waals surface area (Å²) in [4.78, 5) is 29.8. The molecule has 1 aliphatic rings. The van der Waals surface area contributed by atoms with E-state index < -0.39 is 6.04 Å². The lowest BCUT2D eigenvalue weighted by atomic mass is 10.1. The molecule has 4 rings (SSSR count). The van der Waals surface area contributed by atoms with Crippen LogP contribution in [-0.2, 0) is 16.0 Å². The molecule has 174 valence electrons. The number of thiophene rings is 1. The zero-order valence-electron chi connectivity index (χ0n) is 18.7. The molecule has 33 heavy (non-hydrogen) atoms. The minimum absolute atomic E-state index is 0.0894. The number of nitrogens with zero attached hydrogens (tertiary/aromatic N) is 1. The molecule has 1 aliphatic carbocycles. The summed E-state index contributed by atoms with van der Waals surface area (Å²) in [5.74, 6) is 0.967. The Hall–Kier alpha value is -2.77. The van der Waals surface area contributed by atoms with Crippen LogP contribution in [0, 0.1) is 6.92 Å². The fourth-order valence-electron chi connectivity index (χ4n) is 4.24. The molecular formula is C25H27ClN2O4S. The molecule has 0 bridgehead atoms. The molecule has 1 aromatic carbocycles. The Kier molecular flexibility index (Phi) is 7.40. The van der Waals surface area contributed by atoms with Crippen LogP contribution in [0.1, 0.15) is 48.1 Å². The number of benzene rings is 1. The second-order valence-corrected chi connectivity index (χ2v) is 9.65. The third kappa shape index (κ3) is 5.42. The number of anilines is 1. The smallest absolute Gasteiger partial charge is 0.251 e. The van der Waals surface area contributed by atoms with Crippen molar-refractivity contribution in [2.45, 2.75) is 51.1 Å². The Labute approximate surface area is 202 Å². The minimum atomic E-state index is -1.00. The van der Waals surface area contributed by atoms with Gasteiger partial charge in [-0.15, -0.1) is 11.3 Å². The van der Waals surface area contributed by atoms with E-state index in [1.54, 1.807) is 30.3 Å². The molecular weight excluding hydrogens is 460 g/mol. The Morgan fingerprint density at radius 3 is 2.67 bits per heavy atom. The van der Waals surface area contributed by atoms with Crippen LogP contribution in [0.5, 0.6) is 5.75 Å². The normalized spacial score (nSPS) is 14.8. The van der Waals surface area contributed by atoms with Crippen molar-refractivity contribution in [2.24, 2.45) is 0 Å². The number of carbonyl (C=O) groups excluding carboxylic acids is 2. The first kappa shape index (κ1) is 23.4. The number of carbonyl (C=O) groups is 2. The lowest BCUT2D eigenvalue weighted by molar-refractivity contribution is -0.127. The number of hydrogen-bond donors (Lipinski definition) is 1. The lowest BCUT2D eigenvalue weighted by Crippen LogP contribution is -2.46. The molecule has 1 saturated carbocycles. The van der Waals surface area contributed by atoms with E-state index in [-0.39, 0.29) is 24.3 Å². The number of methoxy groups -OCH3 is 1. The van der Waals surface area contributed by atoms with Crippen molar-refractivity contribution in [3.05, 3.63) is 69.3 Å². The van der Waals surface area contributed by atoms with Gasteiger partial charge in [0.2, 0.25) is 5.91 Å². The predicted molar refractivity (Wildman–Crippen MR) is 130 cm³/mol. The van der Waals surface area contributed by atoms with Crippen molar-refractivity contribution in [2.75, 3.05) is 12.0 Å². The van der Waals surface area contributed by atoms with Crippen LogP contribution in [0.25, 0.3) is 0 Å². The van der Waals surface area contributed by atoms with E-state index in [1.165, 1.54) is 23.3 Å². The van der Waals surface area contributed by atoms with Gasteiger partial charge in [-0.3, -0.25) is 14.5 Å². The van der Waals surface area contributed by atoms with Gasteiger partial charge in [0.25, 0.3) is 5.91 Å². The number of aryl methyl sites for hydroxylation is 1.